The van der Waals surface area contributed by atoms with Crippen LogP contribution in [0.4, 0.5) is 11.4 Å². The van der Waals surface area contributed by atoms with Crippen LogP contribution in [0.5, 0.6) is 0 Å². The van der Waals surface area contributed by atoms with Crippen LogP contribution in [0.2, 0.25) is 0 Å². The summed E-state index contributed by atoms with van der Waals surface area (Å²) in [7, 11) is 0. The molecule has 1 rings (SSSR count). The van der Waals surface area contributed by atoms with Crippen molar-refractivity contribution in [2.24, 2.45) is 5.73 Å². The van der Waals surface area contributed by atoms with Gasteiger partial charge in [0, 0.05) is 5.56 Å². The highest BCUT2D eigenvalue weighted by Crippen LogP contribution is 2.14. The summed E-state index contributed by atoms with van der Waals surface area (Å²) in [6.45, 7) is 0. The first kappa shape index (κ1) is 9.93. The third-order valence-corrected chi connectivity index (χ3v) is 1.58. The average molecular weight is 189 g/mol. The molecule has 0 unspecified atom stereocenters. The summed E-state index contributed by atoms with van der Waals surface area (Å²) in [6.07, 6.45) is 0.0459. The molecule has 14 heavy (non-hydrogen) atoms. The summed E-state index contributed by atoms with van der Waals surface area (Å²) < 4.78 is 0. The first-order valence-electron chi connectivity index (χ1n) is 4.02. The smallest absolute Gasteiger partial charge is 0.229 e. The van der Waals surface area contributed by atoms with Crippen LogP contribution < -0.4 is 17.2 Å². The number of benzene rings is 1. The summed E-state index contributed by atoms with van der Waals surface area (Å²) in [6, 6.07) is 5.06. The molecule has 1 amide bonds. The standard InChI is InChI=1S/C10H11N3O/c11-8-5-4-7(6-9(8)12)2-1-3-10(13)14/h4-6H,3,11-12H2,(H2,13,14). The van der Waals surface area contributed by atoms with E-state index in [1.54, 1.807) is 18.2 Å². The number of rotatable bonds is 1. The van der Waals surface area contributed by atoms with Crippen molar-refractivity contribution in [2.75, 3.05) is 11.5 Å². The average Bonchev–Trinajstić information content (AvgIpc) is 2.10. The molecule has 0 heterocycles. The molecule has 0 radical (unpaired) electrons. The lowest BCUT2D eigenvalue weighted by Gasteiger charge is -1.98. The van der Waals surface area contributed by atoms with Crippen molar-refractivity contribution < 1.29 is 4.79 Å². The largest absolute Gasteiger partial charge is 0.397 e. The molecule has 0 aliphatic rings. The fraction of sp³-hybridized carbons (Fsp3) is 0.100. The van der Waals surface area contributed by atoms with Gasteiger partial charge in [-0.05, 0) is 18.2 Å². The zero-order valence-corrected chi connectivity index (χ0v) is 7.58. The van der Waals surface area contributed by atoms with Gasteiger partial charge in [-0.1, -0.05) is 11.8 Å². The van der Waals surface area contributed by atoms with Gasteiger partial charge in [-0.25, -0.2) is 0 Å². The molecule has 0 bridgehead atoms. The number of carbonyl (C=O) groups excluding carboxylic acids is 1. The molecule has 72 valence electrons. The van der Waals surface area contributed by atoms with Crippen LogP contribution in [-0.4, -0.2) is 5.91 Å². The Bertz CT molecular complexity index is 415. The quantitative estimate of drug-likeness (QED) is 0.431. The molecule has 1 aromatic rings. The zero-order chi connectivity index (χ0) is 10.6. The minimum atomic E-state index is -0.444. The Morgan fingerprint density at radius 1 is 1.29 bits per heavy atom. The van der Waals surface area contributed by atoms with E-state index in [9.17, 15) is 4.79 Å². The number of amides is 1. The van der Waals surface area contributed by atoms with E-state index in [2.05, 4.69) is 11.8 Å². The van der Waals surface area contributed by atoms with Crippen molar-refractivity contribution in [2.45, 2.75) is 6.42 Å². The fourth-order valence-corrected chi connectivity index (χ4v) is 0.886. The molecule has 0 aliphatic carbocycles. The van der Waals surface area contributed by atoms with E-state index in [4.69, 9.17) is 17.2 Å². The van der Waals surface area contributed by atoms with Gasteiger partial charge < -0.3 is 17.2 Å². The van der Waals surface area contributed by atoms with Crippen molar-refractivity contribution in [1.82, 2.24) is 0 Å². The number of hydrogen-bond acceptors (Lipinski definition) is 3. The summed E-state index contributed by atoms with van der Waals surface area (Å²) in [5.74, 6) is 4.94. The van der Waals surface area contributed by atoms with Crippen LogP contribution in [0, 0.1) is 11.8 Å². The van der Waals surface area contributed by atoms with Gasteiger partial charge in [0.1, 0.15) is 0 Å². The third-order valence-electron chi connectivity index (χ3n) is 1.58. The molecule has 4 heteroatoms. The molecular formula is C10H11N3O. The number of anilines is 2. The second-order valence-electron chi connectivity index (χ2n) is 2.79. The molecule has 6 N–H and O–H groups in total. The molecule has 0 fully saturated rings. The van der Waals surface area contributed by atoms with Crippen LogP contribution >= 0.6 is 0 Å². The van der Waals surface area contributed by atoms with Gasteiger partial charge in [-0.3, -0.25) is 4.79 Å². The normalized spacial score (nSPS) is 8.86. The highest BCUT2D eigenvalue weighted by Gasteiger charge is 1.94. The Balaban J connectivity index is 2.81. The van der Waals surface area contributed by atoms with Crippen molar-refractivity contribution in [3.8, 4) is 11.8 Å². The van der Waals surface area contributed by atoms with E-state index in [-0.39, 0.29) is 6.42 Å². The Hall–Kier alpha value is -2.15. The van der Waals surface area contributed by atoms with E-state index in [0.717, 1.165) is 5.56 Å². The summed E-state index contributed by atoms with van der Waals surface area (Å²) in [5, 5.41) is 0. The lowest BCUT2D eigenvalue weighted by Crippen LogP contribution is -2.08. The van der Waals surface area contributed by atoms with E-state index in [0.29, 0.717) is 11.4 Å². The number of nitrogen functional groups attached to an aromatic ring is 2. The molecular weight excluding hydrogens is 178 g/mol. The predicted molar refractivity (Wildman–Crippen MR) is 56.0 cm³/mol. The highest BCUT2D eigenvalue weighted by atomic mass is 16.1. The second-order valence-corrected chi connectivity index (χ2v) is 2.79. The predicted octanol–water partition coefficient (Wildman–Crippen LogP) is 0.0779. The Kier molecular flexibility index (Phi) is 2.97. The van der Waals surface area contributed by atoms with Gasteiger partial charge in [0.05, 0.1) is 17.8 Å². The van der Waals surface area contributed by atoms with Crippen molar-refractivity contribution in [1.29, 1.82) is 0 Å². The number of hydrogen-bond donors (Lipinski definition) is 3. The van der Waals surface area contributed by atoms with Crippen molar-refractivity contribution in [3.05, 3.63) is 23.8 Å². The Labute approximate surface area is 82.1 Å². The van der Waals surface area contributed by atoms with Crippen LogP contribution in [0.15, 0.2) is 18.2 Å². The monoisotopic (exact) mass is 189 g/mol. The van der Waals surface area contributed by atoms with Crippen LogP contribution in [-0.2, 0) is 4.79 Å². The number of carbonyl (C=O) groups is 1. The zero-order valence-electron chi connectivity index (χ0n) is 7.58. The van der Waals surface area contributed by atoms with E-state index in [1.165, 1.54) is 0 Å². The maximum Gasteiger partial charge on any atom is 0.229 e. The maximum atomic E-state index is 10.4. The molecule has 4 nitrogen and oxygen atoms in total. The summed E-state index contributed by atoms with van der Waals surface area (Å²) in [4.78, 5) is 10.4. The molecule has 0 aromatic heterocycles. The van der Waals surface area contributed by atoms with Crippen LogP contribution in [0.1, 0.15) is 12.0 Å². The minimum Gasteiger partial charge on any atom is -0.397 e. The number of primary amides is 1. The first-order valence-corrected chi connectivity index (χ1v) is 4.02. The SMILES string of the molecule is NC(=O)CC#Cc1ccc(N)c(N)c1. The lowest BCUT2D eigenvalue weighted by molar-refractivity contribution is -0.117. The number of nitrogens with two attached hydrogens (primary N) is 3. The van der Waals surface area contributed by atoms with Crippen molar-refractivity contribution >= 4 is 17.3 Å². The van der Waals surface area contributed by atoms with Crippen LogP contribution in [0.3, 0.4) is 0 Å². The van der Waals surface area contributed by atoms with Gasteiger partial charge in [0.15, 0.2) is 0 Å². The Morgan fingerprint density at radius 3 is 2.57 bits per heavy atom. The first-order chi connectivity index (χ1) is 6.59. The highest BCUT2D eigenvalue weighted by molar-refractivity contribution is 5.76. The van der Waals surface area contributed by atoms with E-state index < -0.39 is 5.91 Å². The maximum absolute atomic E-state index is 10.4. The summed E-state index contributed by atoms with van der Waals surface area (Å²) in [5.41, 5.74) is 17.7. The van der Waals surface area contributed by atoms with Crippen LogP contribution in [0.25, 0.3) is 0 Å². The topological polar surface area (TPSA) is 95.1 Å². The molecule has 0 spiro atoms. The van der Waals surface area contributed by atoms with Gasteiger partial charge >= 0.3 is 0 Å². The van der Waals surface area contributed by atoms with Gasteiger partial charge in [0.2, 0.25) is 5.91 Å². The van der Waals surface area contributed by atoms with Gasteiger partial charge in [0.25, 0.3) is 0 Å². The van der Waals surface area contributed by atoms with E-state index in [1.807, 2.05) is 0 Å². The van der Waals surface area contributed by atoms with Gasteiger partial charge in [-0.15, -0.1) is 0 Å². The summed E-state index contributed by atoms with van der Waals surface area (Å²) >= 11 is 0. The Morgan fingerprint density at radius 2 is 2.00 bits per heavy atom. The molecule has 0 saturated heterocycles. The van der Waals surface area contributed by atoms with Crippen molar-refractivity contribution in [3.63, 3.8) is 0 Å². The molecule has 0 atom stereocenters. The molecule has 0 saturated carbocycles. The lowest BCUT2D eigenvalue weighted by atomic mass is 10.2. The third kappa shape index (κ3) is 2.72. The second kappa shape index (κ2) is 4.19. The fourth-order valence-electron chi connectivity index (χ4n) is 0.886. The molecule has 1 aromatic carbocycles. The van der Waals surface area contributed by atoms with Gasteiger partial charge in [-0.2, -0.15) is 0 Å². The van der Waals surface area contributed by atoms with E-state index >= 15 is 0 Å². The molecule has 0 aliphatic heterocycles. The minimum absolute atomic E-state index is 0.0459.